The predicted octanol–water partition coefficient (Wildman–Crippen LogP) is 2.33. The second-order valence-electron chi connectivity index (χ2n) is 6.39. The number of anilines is 1. The minimum atomic E-state index is -4.43. The number of nitrogens with zero attached hydrogens (tertiary/aromatic N) is 3. The molecule has 0 spiro atoms. The van der Waals surface area contributed by atoms with Gasteiger partial charge in [-0.3, -0.25) is 4.79 Å². The Balaban J connectivity index is 2.21. The van der Waals surface area contributed by atoms with Gasteiger partial charge in [-0.05, 0) is 26.0 Å². The highest BCUT2D eigenvalue weighted by molar-refractivity contribution is 5.93. The van der Waals surface area contributed by atoms with Crippen LogP contribution in [-0.2, 0) is 4.74 Å². The minimum absolute atomic E-state index is 0.209. The van der Waals surface area contributed by atoms with Crippen LogP contribution < -0.4 is 4.90 Å². The molecule has 0 aromatic carbocycles. The fraction of sp³-hybridized carbons (Fsp3) is 0.600. The molecule has 1 saturated heterocycles. The summed E-state index contributed by atoms with van der Waals surface area (Å²) in [6.45, 7) is 3.19. The fourth-order valence-corrected chi connectivity index (χ4v) is 2.49. The predicted molar refractivity (Wildman–Crippen MR) is 79.5 cm³/mol. The summed E-state index contributed by atoms with van der Waals surface area (Å²) in [6, 6.07) is 3.13. The molecule has 23 heavy (non-hydrogen) atoms. The molecule has 0 aliphatic carbocycles. The summed E-state index contributed by atoms with van der Waals surface area (Å²) in [7, 11) is 3.24. The van der Waals surface area contributed by atoms with Crippen molar-refractivity contribution >= 4 is 11.7 Å². The summed E-state index contributed by atoms with van der Waals surface area (Å²) in [4.78, 5) is 18.9. The molecule has 2 heterocycles. The Morgan fingerprint density at radius 2 is 2.04 bits per heavy atom. The zero-order valence-corrected chi connectivity index (χ0v) is 13.5. The van der Waals surface area contributed by atoms with Gasteiger partial charge in [0.1, 0.15) is 5.82 Å². The number of halogens is 3. The Hall–Kier alpha value is -1.83. The zero-order chi connectivity index (χ0) is 17.4. The van der Waals surface area contributed by atoms with Gasteiger partial charge >= 0.3 is 6.18 Å². The Labute approximate surface area is 133 Å². The molecule has 1 aliphatic rings. The van der Waals surface area contributed by atoms with Crippen LogP contribution >= 0.6 is 0 Å². The number of morpholine rings is 1. The van der Waals surface area contributed by atoms with Crippen LogP contribution in [0.4, 0.5) is 19.0 Å². The number of carbonyl (C=O) groups is 1. The average molecular weight is 331 g/mol. The van der Waals surface area contributed by atoms with Gasteiger partial charge in [0.25, 0.3) is 5.91 Å². The molecule has 0 saturated carbocycles. The van der Waals surface area contributed by atoms with Gasteiger partial charge in [0.05, 0.1) is 17.7 Å². The summed E-state index contributed by atoms with van der Waals surface area (Å²) >= 11 is 0. The van der Waals surface area contributed by atoms with Gasteiger partial charge in [-0.25, -0.2) is 4.98 Å². The Kier molecular flexibility index (Phi) is 4.57. The molecule has 2 rings (SSSR count). The van der Waals surface area contributed by atoms with Crippen molar-refractivity contribution in [2.75, 3.05) is 32.1 Å². The van der Waals surface area contributed by atoms with Crippen molar-refractivity contribution in [2.24, 2.45) is 0 Å². The van der Waals surface area contributed by atoms with E-state index in [0.29, 0.717) is 11.4 Å². The lowest BCUT2D eigenvalue weighted by Gasteiger charge is -2.43. The smallest absolute Gasteiger partial charge is 0.359 e. The molecule has 1 unspecified atom stereocenters. The van der Waals surface area contributed by atoms with Crippen LogP contribution in [0, 0.1) is 0 Å². The van der Waals surface area contributed by atoms with E-state index in [1.807, 2.05) is 0 Å². The van der Waals surface area contributed by atoms with Gasteiger partial charge in [-0.15, -0.1) is 0 Å². The monoisotopic (exact) mass is 331 g/mol. The summed E-state index contributed by atoms with van der Waals surface area (Å²) in [5, 5.41) is 0. The van der Waals surface area contributed by atoms with Crippen LogP contribution in [0.15, 0.2) is 18.3 Å². The van der Waals surface area contributed by atoms with E-state index < -0.39 is 17.9 Å². The maximum Gasteiger partial charge on any atom is 0.416 e. The van der Waals surface area contributed by atoms with Crippen LogP contribution in [0.5, 0.6) is 0 Å². The standard InChI is InChI=1S/C15H20F3N3O2/c1-14(2)9-21(8-11(23-14)15(16,17)18)12-6-5-10(7-19-12)13(22)20(3)4/h5-7,11H,8-9H2,1-4H3. The van der Waals surface area contributed by atoms with E-state index in [2.05, 4.69) is 4.98 Å². The van der Waals surface area contributed by atoms with E-state index in [1.165, 1.54) is 16.0 Å². The molecular weight excluding hydrogens is 311 g/mol. The van der Waals surface area contributed by atoms with E-state index in [0.717, 1.165) is 0 Å². The van der Waals surface area contributed by atoms with Gasteiger partial charge < -0.3 is 14.5 Å². The van der Waals surface area contributed by atoms with Gasteiger partial charge in [0.2, 0.25) is 0 Å². The maximum atomic E-state index is 13.0. The quantitative estimate of drug-likeness (QED) is 0.834. The van der Waals surface area contributed by atoms with E-state index in [-0.39, 0.29) is 19.0 Å². The van der Waals surface area contributed by atoms with Crippen LogP contribution in [0.2, 0.25) is 0 Å². The normalized spacial score (nSPS) is 21.2. The third kappa shape index (κ3) is 4.13. The molecule has 1 fully saturated rings. The number of ether oxygens (including phenoxy) is 1. The zero-order valence-electron chi connectivity index (χ0n) is 13.5. The number of alkyl halides is 3. The van der Waals surface area contributed by atoms with Crippen LogP contribution in [0.1, 0.15) is 24.2 Å². The first-order valence-electron chi connectivity index (χ1n) is 7.17. The van der Waals surface area contributed by atoms with Gasteiger partial charge in [-0.1, -0.05) is 0 Å². The number of amides is 1. The number of hydrogen-bond donors (Lipinski definition) is 0. The van der Waals surface area contributed by atoms with Gasteiger partial charge in [0, 0.05) is 26.8 Å². The summed E-state index contributed by atoms with van der Waals surface area (Å²) in [6.07, 6.45) is -4.92. The van der Waals surface area contributed by atoms with E-state index in [9.17, 15) is 18.0 Å². The van der Waals surface area contributed by atoms with Crippen molar-refractivity contribution in [3.63, 3.8) is 0 Å². The molecule has 0 bridgehead atoms. The third-order valence-electron chi connectivity index (χ3n) is 3.51. The fourth-order valence-electron chi connectivity index (χ4n) is 2.49. The number of hydrogen-bond acceptors (Lipinski definition) is 4. The Bertz CT molecular complexity index is 570. The lowest BCUT2D eigenvalue weighted by atomic mass is 10.0. The molecule has 8 heteroatoms. The number of pyridine rings is 1. The molecule has 128 valence electrons. The lowest BCUT2D eigenvalue weighted by Crippen LogP contribution is -2.57. The summed E-state index contributed by atoms with van der Waals surface area (Å²) in [5.41, 5.74) is -0.559. The van der Waals surface area contributed by atoms with Crippen molar-refractivity contribution in [2.45, 2.75) is 31.7 Å². The molecule has 0 radical (unpaired) electrons. The van der Waals surface area contributed by atoms with Crippen LogP contribution in [-0.4, -0.2) is 60.9 Å². The average Bonchev–Trinajstić information content (AvgIpc) is 2.44. The SMILES string of the molecule is CN(C)C(=O)c1ccc(N2CC(C(F)(F)F)OC(C)(C)C2)nc1. The van der Waals surface area contributed by atoms with Gasteiger partial charge in [-0.2, -0.15) is 13.2 Å². The van der Waals surface area contributed by atoms with E-state index in [1.54, 1.807) is 40.1 Å². The summed E-state index contributed by atoms with van der Waals surface area (Å²) < 4.78 is 44.2. The second kappa shape index (κ2) is 5.99. The molecule has 1 amide bonds. The number of rotatable bonds is 2. The molecule has 1 atom stereocenters. The molecule has 5 nitrogen and oxygen atoms in total. The van der Waals surface area contributed by atoms with Gasteiger partial charge in [0.15, 0.2) is 6.10 Å². The van der Waals surface area contributed by atoms with E-state index >= 15 is 0 Å². The van der Waals surface area contributed by atoms with Crippen molar-refractivity contribution in [1.82, 2.24) is 9.88 Å². The lowest BCUT2D eigenvalue weighted by molar-refractivity contribution is -0.251. The summed E-state index contributed by atoms with van der Waals surface area (Å²) in [5.74, 6) is 0.186. The minimum Gasteiger partial charge on any atom is -0.359 e. The van der Waals surface area contributed by atoms with Crippen LogP contribution in [0.3, 0.4) is 0 Å². The maximum absolute atomic E-state index is 13.0. The first-order valence-corrected chi connectivity index (χ1v) is 7.17. The highest BCUT2D eigenvalue weighted by atomic mass is 19.4. The molecule has 1 aromatic rings. The van der Waals surface area contributed by atoms with Crippen molar-refractivity contribution in [3.8, 4) is 0 Å². The second-order valence-corrected chi connectivity index (χ2v) is 6.39. The molecular formula is C15H20F3N3O2. The van der Waals surface area contributed by atoms with E-state index in [4.69, 9.17) is 4.74 Å². The Morgan fingerprint density at radius 1 is 1.39 bits per heavy atom. The van der Waals surface area contributed by atoms with Crippen molar-refractivity contribution in [1.29, 1.82) is 0 Å². The third-order valence-corrected chi connectivity index (χ3v) is 3.51. The van der Waals surface area contributed by atoms with Crippen molar-refractivity contribution < 1.29 is 22.7 Å². The largest absolute Gasteiger partial charge is 0.416 e. The first-order chi connectivity index (χ1) is 10.5. The Morgan fingerprint density at radius 3 is 2.52 bits per heavy atom. The molecule has 0 N–H and O–H groups in total. The topological polar surface area (TPSA) is 45.7 Å². The van der Waals surface area contributed by atoms with Crippen molar-refractivity contribution in [3.05, 3.63) is 23.9 Å². The molecule has 1 aromatic heterocycles. The number of aromatic nitrogens is 1. The highest BCUT2D eigenvalue weighted by Crippen LogP contribution is 2.33. The number of carbonyl (C=O) groups excluding carboxylic acids is 1. The van der Waals surface area contributed by atoms with Crippen LogP contribution in [0.25, 0.3) is 0 Å². The molecule has 1 aliphatic heterocycles. The first kappa shape index (κ1) is 17.5. The highest BCUT2D eigenvalue weighted by Gasteiger charge is 2.48.